The predicted octanol–water partition coefficient (Wildman–Crippen LogP) is 2.83. The number of nitrogens with zero attached hydrogens (tertiary/aromatic N) is 4. The third-order valence-electron chi connectivity index (χ3n) is 3.65. The second-order valence-electron chi connectivity index (χ2n) is 5.54. The molecule has 0 spiro atoms. The van der Waals surface area contributed by atoms with Crippen molar-refractivity contribution in [3.05, 3.63) is 46.6 Å². The number of carbonyl (C=O) groups excluding carboxylic acids is 1. The van der Waals surface area contributed by atoms with Crippen molar-refractivity contribution in [1.29, 1.82) is 0 Å². The number of urea groups is 1. The second-order valence-corrected chi connectivity index (χ2v) is 5.54. The molecular weight excluding hydrogens is 366 g/mol. The quantitative estimate of drug-likeness (QED) is 0.435. The Morgan fingerprint density at radius 1 is 1.21 bits per heavy atom. The summed E-state index contributed by atoms with van der Waals surface area (Å²) in [5.41, 5.74) is 0.851. The Bertz CT molecular complexity index is 1040. The maximum absolute atomic E-state index is 11.6. The number of hydrogen-bond donors (Lipinski definition) is 3. The van der Waals surface area contributed by atoms with Crippen molar-refractivity contribution in [2.24, 2.45) is 0 Å². The van der Waals surface area contributed by atoms with E-state index in [0.29, 0.717) is 23.6 Å². The summed E-state index contributed by atoms with van der Waals surface area (Å²) >= 11 is 0. The largest absolute Gasteiger partial charge is 0.496 e. The summed E-state index contributed by atoms with van der Waals surface area (Å²) in [5, 5.41) is 19.4. The van der Waals surface area contributed by atoms with Crippen LogP contribution in [-0.4, -0.2) is 39.6 Å². The van der Waals surface area contributed by atoms with Gasteiger partial charge in [0.15, 0.2) is 11.5 Å². The molecule has 0 saturated heterocycles. The van der Waals surface area contributed by atoms with Crippen LogP contribution in [0.25, 0.3) is 11.2 Å². The lowest BCUT2D eigenvalue weighted by Gasteiger charge is -2.09. The van der Waals surface area contributed by atoms with E-state index in [2.05, 4.69) is 30.9 Å². The number of nitrogens with one attached hydrogen (secondary N) is 3. The van der Waals surface area contributed by atoms with Crippen molar-refractivity contribution in [3.8, 4) is 5.75 Å². The molecule has 0 aliphatic carbocycles. The molecule has 2 heterocycles. The van der Waals surface area contributed by atoms with Gasteiger partial charge in [0.05, 0.1) is 24.3 Å². The Kier molecular flexibility index (Phi) is 5.44. The van der Waals surface area contributed by atoms with Crippen LogP contribution >= 0.6 is 0 Å². The van der Waals surface area contributed by atoms with Gasteiger partial charge in [0, 0.05) is 6.54 Å². The van der Waals surface area contributed by atoms with E-state index in [1.54, 1.807) is 25.1 Å². The second kappa shape index (κ2) is 8.12. The van der Waals surface area contributed by atoms with Gasteiger partial charge in [-0.15, -0.1) is 0 Å². The molecular formula is C17H17N7O4. The molecule has 0 fully saturated rings. The lowest BCUT2D eigenvalue weighted by atomic mass is 10.2. The first-order valence-corrected chi connectivity index (χ1v) is 8.28. The van der Waals surface area contributed by atoms with Gasteiger partial charge in [-0.3, -0.25) is 15.4 Å². The van der Waals surface area contributed by atoms with Crippen LogP contribution in [0.1, 0.15) is 6.92 Å². The van der Waals surface area contributed by atoms with Gasteiger partial charge in [0.25, 0.3) is 5.69 Å². The van der Waals surface area contributed by atoms with Gasteiger partial charge in [0.1, 0.15) is 22.8 Å². The van der Waals surface area contributed by atoms with Gasteiger partial charge >= 0.3 is 6.03 Å². The molecule has 0 aliphatic rings. The highest BCUT2D eigenvalue weighted by molar-refractivity contribution is 5.89. The number of aromatic nitrogens is 3. The zero-order chi connectivity index (χ0) is 20.1. The maximum Gasteiger partial charge on any atom is 0.320 e. The van der Waals surface area contributed by atoms with Crippen LogP contribution in [0.15, 0.2) is 36.5 Å². The summed E-state index contributed by atoms with van der Waals surface area (Å²) in [7, 11) is 1.43. The number of carbonyl (C=O) groups is 1. The van der Waals surface area contributed by atoms with E-state index in [-0.39, 0.29) is 28.9 Å². The number of fused-ring (bicyclic) bond motifs is 1. The molecule has 11 nitrogen and oxygen atoms in total. The number of amides is 2. The van der Waals surface area contributed by atoms with E-state index in [1.807, 2.05) is 0 Å². The average molecular weight is 383 g/mol. The van der Waals surface area contributed by atoms with E-state index in [1.165, 1.54) is 25.4 Å². The number of rotatable bonds is 6. The predicted molar refractivity (Wildman–Crippen MR) is 103 cm³/mol. The van der Waals surface area contributed by atoms with Gasteiger partial charge in [-0.05, 0) is 31.2 Å². The third-order valence-corrected chi connectivity index (χ3v) is 3.65. The molecule has 0 radical (unpaired) electrons. The van der Waals surface area contributed by atoms with E-state index < -0.39 is 4.92 Å². The molecule has 3 N–H and O–H groups in total. The zero-order valence-corrected chi connectivity index (χ0v) is 15.1. The standard InChI is InChI=1S/C17H17N7O4/c1-3-18-17(25)23-14-7-6-12-16(21-14)22-15(9-19-12)20-11-5-4-10(28-2)8-13(11)24(26)27/h4-9H,3H2,1-2H3,(H3,18,20,21,22,23,25). The zero-order valence-electron chi connectivity index (χ0n) is 15.1. The molecule has 1 aromatic carbocycles. The fourth-order valence-electron chi connectivity index (χ4n) is 2.38. The van der Waals surface area contributed by atoms with E-state index in [0.717, 1.165) is 0 Å². The number of hydrogen-bond acceptors (Lipinski definition) is 8. The number of benzene rings is 1. The molecule has 11 heteroatoms. The molecule has 0 atom stereocenters. The summed E-state index contributed by atoms with van der Waals surface area (Å²) in [6.07, 6.45) is 1.44. The van der Waals surface area contributed by atoms with Crippen LogP contribution in [0.2, 0.25) is 0 Å². The van der Waals surface area contributed by atoms with Crippen LogP contribution in [0.4, 0.5) is 27.8 Å². The van der Waals surface area contributed by atoms with Crippen molar-refractivity contribution in [1.82, 2.24) is 20.3 Å². The number of ether oxygens (including phenoxy) is 1. The van der Waals surface area contributed by atoms with Crippen molar-refractivity contribution < 1.29 is 14.5 Å². The SMILES string of the molecule is CCNC(=O)Nc1ccc2ncc(Nc3ccc(OC)cc3[N+](=O)[O-])nc2n1. The molecule has 2 aromatic heterocycles. The molecule has 2 amide bonds. The molecule has 144 valence electrons. The Morgan fingerprint density at radius 3 is 2.71 bits per heavy atom. The van der Waals surface area contributed by atoms with Crippen molar-refractivity contribution in [2.45, 2.75) is 6.92 Å². The van der Waals surface area contributed by atoms with Gasteiger partial charge < -0.3 is 15.4 Å². The molecule has 0 bridgehead atoms. The van der Waals surface area contributed by atoms with Crippen LogP contribution in [-0.2, 0) is 0 Å². The molecule has 28 heavy (non-hydrogen) atoms. The topological polar surface area (TPSA) is 144 Å². The minimum absolute atomic E-state index is 0.166. The molecule has 0 aliphatic heterocycles. The van der Waals surface area contributed by atoms with Crippen molar-refractivity contribution in [3.63, 3.8) is 0 Å². The van der Waals surface area contributed by atoms with Crippen LogP contribution in [0.5, 0.6) is 5.75 Å². The molecule has 3 aromatic rings. The summed E-state index contributed by atoms with van der Waals surface area (Å²) < 4.78 is 5.02. The smallest absolute Gasteiger partial charge is 0.320 e. The minimum Gasteiger partial charge on any atom is -0.496 e. The van der Waals surface area contributed by atoms with Crippen molar-refractivity contribution in [2.75, 3.05) is 24.3 Å². The lowest BCUT2D eigenvalue weighted by molar-refractivity contribution is -0.384. The minimum atomic E-state index is -0.522. The normalized spacial score (nSPS) is 10.4. The van der Waals surface area contributed by atoms with Gasteiger partial charge in [-0.2, -0.15) is 0 Å². The summed E-state index contributed by atoms with van der Waals surface area (Å²) in [4.78, 5) is 35.2. The molecule has 0 unspecified atom stereocenters. The average Bonchev–Trinajstić information content (AvgIpc) is 2.68. The Morgan fingerprint density at radius 2 is 2.00 bits per heavy atom. The summed E-state index contributed by atoms with van der Waals surface area (Å²) in [6, 6.07) is 7.30. The highest BCUT2D eigenvalue weighted by Gasteiger charge is 2.16. The number of methoxy groups -OCH3 is 1. The third kappa shape index (κ3) is 4.20. The lowest BCUT2D eigenvalue weighted by Crippen LogP contribution is -2.28. The Balaban J connectivity index is 1.89. The van der Waals surface area contributed by atoms with Gasteiger partial charge in [-0.25, -0.2) is 19.7 Å². The first kappa shape index (κ1) is 18.8. The maximum atomic E-state index is 11.6. The molecule has 3 rings (SSSR count). The summed E-state index contributed by atoms with van der Waals surface area (Å²) in [5.74, 6) is 0.938. The fourth-order valence-corrected chi connectivity index (χ4v) is 2.38. The highest BCUT2D eigenvalue weighted by Crippen LogP contribution is 2.31. The first-order valence-electron chi connectivity index (χ1n) is 8.28. The Hall–Kier alpha value is -4.02. The van der Waals surface area contributed by atoms with Crippen LogP contribution in [0.3, 0.4) is 0 Å². The van der Waals surface area contributed by atoms with Crippen molar-refractivity contribution >= 4 is 40.2 Å². The Labute approximate surface area is 159 Å². The van der Waals surface area contributed by atoms with Gasteiger partial charge in [0.2, 0.25) is 0 Å². The number of anilines is 3. The van der Waals surface area contributed by atoms with Crippen LogP contribution < -0.4 is 20.7 Å². The van der Waals surface area contributed by atoms with Crippen LogP contribution in [0, 0.1) is 10.1 Å². The number of pyridine rings is 1. The number of nitro groups is 1. The summed E-state index contributed by atoms with van der Waals surface area (Å²) in [6.45, 7) is 2.28. The van der Waals surface area contributed by atoms with E-state index >= 15 is 0 Å². The molecule has 0 saturated carbocycles. The van der Waals surface area contributed by atoms with Gasteiger partial charge in [-0.1, -0.05) is 0 Å². The fraction of sp³-hybridized carbons (Fsp3) is 0.176. The highest BCUT2D eigenvalue weighted by atomic mass is 16.6. The number of nitro benzene ring substituents is 1. The first-order chi connectivity index (χ1) is 13.5. The van der Waals surface area contributed by atoms with E-state index in [4.69, 9.17) is 4.74 Å². The monoisotopic (exact) mass is 383 g/mol. The van der Waals surface area contributed by atoms with E-state index in [9.17, 15) is 14.9 Å².